The van der Waals surface area contributed by atoms with E-state index in [1.54, 1.807) is 18.6 Å². The Balaban J connectivity index is 2.33. The molecule has 1 N–H and O–H groups in total. The van der Waals surface area contributed by atoms with Crippen LogP contribution in [0.15, 0.2) is 31.0 Å². The van der Waals surface area contributed by atoms with Crippen LogP contribution < -0.4 is 4.74 Å². The average Bonchev–Trinajstić information content (AvgIpc) is 2.99. The van der Waals surface area contributed by atoms with Gasteiger partial charge in [0.05, 0.1) is 36.0 Å². The molecule has 104 valence electrons. The number of hydrogen-bond acceptors (Lipinski definition) is 6. The standard InChI is InChI=1S/C14H10N4O3/c1-21-11-6-18-13(9-5-15-2-3-16-9)14-12(11)8(4-17-14)10(20)7-19/h2-7,17H,1H3. The molecule has 7 heteroatoms. The quantitative estimate of drug-likeness (QED) is 0.441. The lowest BCUT2D eigenvalue weighted by molar-refractivity contribution is -0.104. The van der Waals surface area contributed by atoms with Gasteiger partial charge in [-0.1, -0.05) is 0 Å². The summed E-state index contributed by atoms with van der Waals surface area (Å²) in [6, 6.07) is 0. The number of nitrogens with one attached hydrogen (secondary N) is 1. The molecule has 0 saturated heterocycles. The third-order valence-electron chi connectivity index (χ3n) is 3.07. The van der Waals surface area contributed by atoms with E-state index in [0.29, 0.717) is 28.0 Å². The molecule has 0 aromatic carbocycles. The Labute approximate surface area is 119 Å². The fourth-order valence-electron chi connectivity index (χ4n) is 2.15. The van der Waals surface area contributed by atoms with Gasteiger partial charge in [0.25, 0.3) is 0 Å². The molecule has 0 aliphatic carbocycles. The Morgan fingerprint density at radius 3 is 2.81 bits per heavy atom. The molecule has 3 heterocycles. The van der Waals surface area contributed by atoms with Crippen LogP contribution in [0, 0.1) is 0 Å². The second-order valence-electron chi connectivity index (χ2n) is 4.20. The zero-order chi connectivity index (χ0) is 14.8. The summed E-state index contributed by atoms with van der Waals surface area (Å²) in [6.07, 6.45) is 7.89. The van der Waals surface area contributed by atoms with Crippen molar-refractivity contribution in [2.24, 2.45) is 0 Å². The molecular formula is C14H10N4O3. The van der Waals surface area contributed by atoms with E-state index in [0.717, 1.165) is 0 Å². The zero-order valence-corrected chi connectivity index (χ0v) is 11.0. The number of H-pyrrole nitrogens is 1. The number of carbonyl (C=O) groups excluding carboxylic acids is 2. The molecule has 0 unspecified atom stereocenters. The topological polar surface area (TPSA) is 97.8 Å². The maximum absolute atomic E-state index is 11.7. The van der Waals surface area contributed by atoms with Gasteiger partial charge >= 0.3 is 0 Å². The third kappa shape index (κ3) is 2.04. The second-order valence-corrected chi connectivity index (χ2v) is 4.20. The van der Waals surface area contributed by atoms with Gasteiger partial charge in [-0.05, 0) is 0 Å². The molecule has 0 fully saturated rings. The lowest BCUT2D eigenvalue weighted by atomic mass is 10.1. The summed E-state index contributed by atoms with van der Waals surface area (Å²) in [6.45, 7) is 0. The van der Waals surface area contributed by atoms with Crippen molar-refractivity contribution in [3.63, 3.8) is 0 Å². The van der Waals surface area contributed by atoms with E-state index in [9.17, 15) is 9.59 Å². The Morgan fingerprint density at radius 1 is 1.29 bits per heavy atom. The molecule has 0 radical (unpaired) electrons. The highest BCUT2D eigenvalue weighted by Crippen LogP contribution is 2.33. The lowest BCUT2D eigenvalue weighted by Gasteiger charge is -2.06. The van der Waals surface area contributed by atoms with Crippen molar-refractivity contribution < 1.29 is 14.3 Å². The van der Waals surface area contributed by atoms with E-state index >= 15 is 0 Å². The van der Waals surface area contributed by atoms with Gasteiger partial charge in [-0.25, -0.2) is 4.98 Å². The molecule has 3 aromatic rings. The first-order valence-electron chi connectivity index (χ1n) is 6.06. The van der Waals surface area contributed by atoms with Crippen molar-refractivity contribution in [3.05, 3.63) is 36.5 Å². The summed E-state index contributed by atoms with van der Waals surface area (Å²) in [5.74, 6) is -0.222. The highest BCUT2D eigenvalue weighted by atomic mass is 16.5. The average molecular weight is 282 g/mol. The summed E-state index contributed by atoms with van der Waals surface area (Å²) >= 11 is 0. The van der Waals surface area contributed by atoms with Crippen LogP contribution >= 0.6 is 0 Å². The number of ether oxygens (including phenoxy) is 1. The second kappa shape index (κ2) is 5.12. The summed E-state index contributed by atoms with van der Waals surface area (Å²) in [5.41, 5.74) is 1.89. The normalized spacial score (nSPS) is 10.5. The van der Waals surface area contributed by atoms with Crippen LogP contribution in [0.3, 0.4) is 0 Å². The number of nitrogens with zero attached hydrogens (tertiary/aromatic N) is 3. The van der Waals surface area contributed by atoms with Crippen molar-refractivity contribution in [1.29, 1.82) is 0 Å². The molecule has 7 nitrogen and oxygen atoms in total. The summed E-state index contributed by atoms with van der Waals surface area (Å²) in [5, 5.41) is 0.505. The zero-order valence-electron chi connectivity index (χ0n) is 11.0. The highest BCUT2D eigenvalue weighted by molar-refractivity contribution is 6.37. The predicted molar refractivity (Wildman–Crippen MR) is 74.1 cm³/mol. The van der Waals surface area contributed by atoms with E-state index in [-0.39, 0.29) is 11.8 Å². The van der Waals surface area contributed by atoms with Crippen molar-refractivity contribution in [2.45, 2.75) is 0 Å². The van der Waals surface area contributed by atoms with Gasteiger partial charge < -0.3 is 9.72 Å². The SMILES string of the molecule is COc1cnc(-c2cnccn2)c2[nH]cc(C(=O)C=O)c12. The Hall–Kier alpha value is -3.09. The number of Topliss-reactive ketones (excluding diaryl/α,β-unsaturated/α-hetero) is 1. The van der Waals surface area contributed by atoms with Gasteiger partial charge in [-0.2, -0.15) is 0 Å². The minimum Gasteiger partial charge on any atom is -0.494 e. The van der Waals surface area contributed by atoms with Gasteiger partial charge in [0.1, 0.15) is 17.1 Å². The fraction of sp³-hybridized carbons (Fsp3) is 0.0714. The van der Waals surface area contributed by atoms with E-state index < -0.39 is 5.78 Å². The number of aldehydes is 1. The van der Waals surface area contributed by atoms with Gasteiger partial charge in [-0.15, -0.1) is 0 Å². The highest BCUT2D eigenvalue weighted by Gasteiger charge is 2.19. The molecule has 0 aliphatic rings. The van der Waals surface area contributed by atoms with E-state index in [1.165, 1.54) is 19.5 Å². The lowest BCUT2D eigenvalue weighted by Crippen LogP contribution is -2.00. The summed E-state index contributed by atoms with van der Waals surface area (Å²) in [4.78, 5) is 37.9. The van der Waals surface area contributed by atoms with Gasteiger partial charge in [0.2, 0.25) is 5.78 Å². The van der Waals surface area contributed by atoms with Crippen LogP contribution in [-0.4, -0.2) is 39.1 Å². The Bertz CT molecular complexity index is 827. The number of hydrogen-bond donors (Lipinski definition) is 1. The monoisotopic (exact) mass is 282 g/mol. The molecule has 0 atom stereocenters. The third-order valence-corrected chi connectivity index (χ3v) is 3.07. The van der Waals surface area contributed by atoms with Gasteiger partial charge in [0.15, 0.2) is 6.29 Å². The molecule has 0 spiro atoms. The predicted octanol–water partition coefficient (Wildman–Crippen LogP) is 1.41. The van der Waals surface area contributed by atoms with Crippen LogP contribution in [-0.2, 0) is 4.79 Å². The minimum absolute atomic E-state index is 0.240. The maximum Gasteiger partial charge on any atom is 0.227 e. The molecule has 0 bridgehead atoms. The van der Waals surface area contributed by atoms with Crippen LogP contribution in [0.1, 0.15) is 10.4 Å². The van der Waals surface area contributed by atoms with Crippen LogP contribution in [0.2, 0.25) is 0 Å². The first-order chi connectivity index (χ1) is 10.3. The number of aromatic nitrogens is 4. The van der Waals surface area contributed by atoms with Crippen molar-refractivity contribution in [3.8, 4) is 17.1 Å². The van der Waals surface area contributed by atoms with E-state index in [4.69, 9.17) is 4.74 Å². The minimum atomic E-state index is -0.629. The smallest absolute Gasteiger partial charge is 0.227 e. The number of rotatable bonds is 4. The molecule has 0 saturated carbocycles. The van der Waals surface area contributed by atoms with Crippen molar-refractivity contribution >= 4 is 23.0 Å². The Kier molecular flexibility index (Phi) is 3.15. The van der Waals surface area contributed by atoms with Crippen LogP contribution in [0.4, 0.5) is 0 Å². The number of methoxy groups -OCH3 is 1. The fourth-order valence-corrected chi connectivity index (χ4v) is 2.15. The molecule has 0 aliphatic heterocycles. The maximum atomic E-state index is 11.7. The number of ketones is 1. The van der Waals surface area contributed by atoms with Crippen LogP contribution in [0.5, 0.6) is 5.75 Å². The molecule has 0 amide bonds. The first-order valence-corrected chi connectivity index (χ1v) is 6.06. The summed E-state index contributed by atoms with van der Waals surface area (Å²) < 4.78 is 5.23. The van der Waals surface area contributed by atoms with Crippen LogP contribution in [0.25, 0.3) is 22.3 Å². The van der Waals surface area contributed by atoms with Crippen molar-refractivity contribution in [1.82, 2.24) is 19.9 Å². The number of pyridine rings is 1. The van der Waals surface area contributed by atoms with Gasteiger partial charge in [0, 0.05) is 18.6 Å². The molecule has 3 rings (SSSR count). The van der Waals surface area contributed by atoms with E-state index in [2.05, 4.69) is 19.9 Å². The van der Waals surface area contributed by atoms with Gasteiger partial charge in [-0.3, -0.25) is 19.6 Å². The van der Waals surface area contributed by atoms with E-state index in [1.807, 2.05) is 0 Å². The molecule has 21 heavy (non-hydrogen) atoms. The Morgan fingerprint density at radius 2 is 2.14 bits per heavy atom. The summed E-state index contributed by atoms with van der Waals surface area (Å²) in [7, 11) is 1.47. The first kappa shape index (κ1) is 12.9. The number of fused-ring (bicyclic) bond motifs is 1. The number of carbonyl (C=O) groups is 2. The molecule has 3 aromatic heterocycles. The largest absolute Gasteiger partial charge is 0.494 e. The molecular weight excluding hydrogens is 272 g/mol. The van der Waals surface area contributed by atoms with Crippen molar-refractivity contribution in [2.75, 3.05) is 7.11 Å². The number of aromatic amines is 1.